The molecule has 1 aliphatic rings. The quantitative estimate of drug-likeness (QED) is 0.842. The first-order valence-electron chi connectivity index (χ1n) is 6.73. The van der Waals surface area contributed by atoms with Crippen molar-refractivity contribution < 1.29 is 14.3 Å². The first-order valence-corrected chi connectivity index (χ1v) is 8.49. The number of rotatable bonds is 5. The highest BCUT2D eigenvalue weighted by Gasteiger charge is 2.23. The molecule has 2 heterocycles. The fourth-order valence-corrected chi connectivity index (χ4v) is 4.08. The Morgan fingerprint density at radius 3 is 3.25 bits per heavy atom. The molecule has 2 rings (SSSR count). The largest absolute Gasteiger partial charge is 0.466 e. The molecule has 1 aliphatic heterocycles. The number of hydrogen-bond acceptors (Lipinski definition) is 6. The van der Waals surface area contributed by atoms with Gasteiger partial charge in [0.25, 0.3) is 0 Å². The Balaban J connectivity index is 1.91. The average molecular weight is 314 g/mol. The SMILES string of the molecule is CCOC(=O)Cc1csc(S[C@@H]2CCCCNC2=O)n1. The van der Waals surface area contributed by atoms with E-state index in [0.29, 0.717) is 12.3 Å². The van der Waals surface area contributed by atoms with E-state index in [1.54, 1.807) is 6.92 Å². The minimum absolute atomic E-state index is 0.0703. The van der Waals surface area contributed by atoms with Crippen LogP contribution in [0.2, 0.25) is 0 Å². The van der Waals surface area contributed by atoms with Gasteiger partial charge < -0.3 is 10.1 Å². The van der Waals surface area contributed by atoms with Crippen LogP contribution in [-0.4, -0.2) is 35.3 Å². The molecule has 5 nitrogen and oxygen atoms in total. The minimum atomic E-state index is -0.262. The maximum atomic E-state index is 11.9. The summed E-state index contributed by atoms with van der Waals surface area (Å²) in [6, 6.07) is 0. The van der Waals surface area contributed by atoms with Gasteiger partial charge in [0.1, 0.15) is 0 Å². The summed E-state index contributed by atoms with van der Waals surface area (Å²) >= 11 is 2.97. The summed E-state index contributed by atoms with van der Waals surface area (Å²) in [4.78, 5) is 27.6. The van der Waals surface area contributed by atoms with Crippen molar-refractivity contribution in [1.82, 2.24) is 10.3 Å². The van der Waals surface area contributed by atoms with Crippen molar-refractivity contribution in [2.24, 2.45) is 0 Å². The molecule has 1 fully saturated rings. The van der Waals surface area contributed by atoms with Gasteiger partial charge in [0.05, 0.1) is 24.0 Å². The van der Waals surface area contributed by atoms with Crippen molar-refractivity contribution >= 4 is 35.0 Å². The van der Waals surface area contributed by atoms with E-state index in [4.69, 9.17) is 4.74 Å². The van der Waals surface area contributed by atoms with Crippen molar-refractivity contribution in [2.75, 3.05) is 13.2 Å². The van der Waals surface area contributed by atoms with Gasteiger partial charge in [0.2, 0.25) is 5.91 Å². The van der Waals surface area contributed by atoms with E-state index in [-0.39, 0.29) is 23.5 Å². The maximum Gasteiger partial charge on any atom is 0.311 e. The number of carbonyl (C=O) groups is 2. The number of thioether (sulfide) groups is 1. The summed E-state index contributed by atoms with van der Waals surface area (Å²) in [5.74, 6) is -0.170. The molecule has 110 valence electrons. The summed E-state index contributed by atoms with van der Waals surface area (Å²) in [5.41, 5.74) is 0.713. The third-order valence-corrected chi connectivity index (χ3v) is 5.18. The lowest BCUT2D eigenvalue weighted by atomic mass is 10.2. The zero-order chi connectivity index (χ0) is 14.4. The first-order chi connectivity index (χ1) is 9.69. The Morgan fingerprint density at radius 2 is 2.45 bits per heavy atom. The third-order valence-electron chi connectivity index (χ3n) is 2.89. The molecule has 1 saturated heterocycles. The van der Waals surface area contributed by atoms with Gasteiger partial charge in [-0.1, -0.05) is 18.2 Å². The lowest BCUT2D eigenvalue weighted by molar-refractivity contribution is -0.142. The molecule has 1 N–H and O–H groups in total. The molecule has 20 heavy (non-hydrogen) atoms. The van der Waals surface area contributed by atoms with Crippen LogP contribution in [-0.2, 0) is 20.7 Å². The fourth-order valence-electron chi connectivity index (χ4n) is 1.93. The van der Waals surface area contributed by atoms with E-state index in [9.17, 15) is 9.59 Å². The minimum Gasteiger partial charge on any atom is -0.466 e. The molecule has 1 amide bonds. The molecular formula is C13H18N2O3S2. The van der Waals surface area contributed by atoms with Crippen LogP contribution in [0.25, 0.3) is 0 Å². The number of amides is 1. The molecule has 0 radical (unpaired) electrons. The van der Waals surface area contributed by atoms with E-state index >= 15 is 0 Å². The van der Waals surface area contributed by atoms with Crippen LogP contribution in [0.4, 0.5) is 0 Å². The van der Waals surface area contributed by atoms with E-state index in [1.165, 1.54) is 23.1 Å². The molecule has 1 atom stereocenters. The van der Waals surface area contributed by atoms with Crippen LogP contribution < -0.4 is 5.32 Å². The summed E-state index contributed by atoms with van der Waals surface area (Å²) in [5, 5.41) is 4.70. The fraction of sp³-hybridized carbons (Fsp3) is 0.615. The number of nitrogens with zero attached hydrogens (tertiary/aromatic N) is 1. The lowest BCUT2D eigenvalue weighted by Crippen LogP contribution is -2.30. The van der Waals surface area contributed by atoms with Crippen molar-refractivity contribution in [2.45, 2.75) is 42.2 Å². The first kappa shape index (κ1) is 15.3. The van der Waals surface area contributed by atoms with E-state index in [0.717, 1.165) is 30.1 Å². The predicted molar refractivity (Wildman–Crippen MR) is 79.0 cm³/mol. The third kappa shape index (κ3) is 4.49. The summed E-state index contributed by atoms with van der Waals surface area (Å²) in [6.45, 7) is 2.93. The number of ether oxygens (including phenoxy) is 1. The highest BCUT2D eigenvalue weighted by atomic mass is 32.2. The summed E-state index contributed by atoms with van der Waals surface area (Å²) in [7, 11) is 0. The zero-order valence-corrected chi connectivity index (χ0v) is 13.0. The van der Waals surface area contributed by atoms with Gasteiger partial charge in [-0.15, -0.1) is 11.3 Å². The van der Waals surface area contributed by atoms with Crippen LogP contribution in [0.3, 0.4) is 0 Å². The van der Waals surface area contributed by atoms with E-state index in [2.05, 4.69) is 10.3 Å². The monoisotopic (exact) mass is 314 g/mol. The normalized spacial score (nSPS) is 19.2. The molecular weight excluding hydrogens is 296 g/mol. The highest BCUT2D eigenvalue weighted by Crippen LogP contribution is 2.30. The van der Waals surface area contributed by atoms with Crippen LogP contribution in [0.15, 0.2) is 9.72 Å². The van der Waals surface area contributed by atoms with Gasteiger partial charge in [-0.3, -0.25) is 9.59 Å². The van der Waals surface area contributed by atoms with Crippen molar-refractivity contribution in [1.29, 1.82) is 0 Å². The summed E-state index contributed by atoms with van der Waals surface area (Å²) < 4.78 is 5.73. The van der Waals surface area contributed by atoms with Gasteiger partial charge in [-0.05, 0) is 19.8 Å². The molecule has 7 heteroatoms. The summed E-state index contributed by atoms with van der Waals surface area (Å²) in [6.07, 6.45) is 3.16. The van der Waals surface area contributed by atoms with E-state index in [1.807, 2.05) is 5.38 Å². The molecule has 0 aromatic carbocycles. The highest BCUT2D eigenvalue weighted by molar-refractivity contribution is 8.02. The van der Waals surface area contributed by atoms with Gasteiger partial charge in [-0.25, -0.2) is 4.98 Å². The number of nitrogens with one attached hydrogen (secondary N) is 1. The lowest BCUT2D eigenvalue weighted by Gasteiger charge is -2.09. The maximum absolute atomic E-state index is 11.9. The van der Waals surface area contributed by atoms with Crippen LogP contribution in [0.1, 0.15) is 31.9 Å². The van der Waals surface area contributed by atoms with E-state index < -0.39 is 0 Å². The molecule has 1 aromatic rings. The second-order valence-corrected chi connectivity index (χ2v) is 6.79. The zero-order valence-electron chi connectivity index (χ0n) is 11.4. The van der Waals surface area contributed by atoms with Crippen molar-refractivity contribution in [3.05, 3.63) is 11.1 Å². The van der Waals surface area contributed by atoms with Crippen LogP contribution in [0, 0.1) is 0 Å². The number of esters is 1. The van der Waals surface area contributed by atoms with Gasteiger partial charge in [-0.2, -0.15) is 0 Å². The van der Waals surface area contributed by atoms with Crippen LogP contribution in [0.5, 0.6) is 0 Å². The van der Waals surface area contributed by atoms with Gasteiger partial charge in [0, 0.05) is 11.9 Å². The average Bonchev–Trinajstić information content (AvgIpc) is 2.74. The Bertz CT molecular complexity index is 476. The predicted octanol–water partition coefficient (Wildman–Crippen LogP) is 2.01. The molecule has 0 saturated carbocycles. The molecule has 0 bridgehead atoms. The molecule has 0 aliphatic carbocycles. The van der Waals surface area contributed by atoms with Crippen molar-refractivity contribution in [3.8, 4) is 0 Å². The standard InChI is InChI=1S/C13H18N2O3S2/c1-2-18-11(16)7-9-8-19-13(15-9)20-10-5-3-4-6-14-12(10)17/h8,10H,2-7H2,1H3,(H,14,17)/t10-/m1/s1. The Kier molecular flexibility index (Phi) is 5.85. The second kappa shape index (κ2) is 7.64. The number of aromatic nitrogens is 1. The van der Waals surface area contributed by atoms with Gasteiger partial charge in [0.15, 0.2) is 4.34 Å². The Hall–Kier alpha value is -1.08. The van der Waals surface area contributed by atoms with Crippen LogP contribution >= 0.6 is 23.1 Å². The molecule has 0 spiro atoms. The number of thiazole rings is 1. The van der Waals surface area contributed by atoms with Gasteiger partial charge >= 0.3 is 5.97 Å². The van der Waals surface area contributed by atoms with Crippen molar-refractivity contribution in [3.63, 3.8) is 0 Å². The molecule has 0 unspecified atom stereocenters. The molecule has 1 aromatic heterocycles. The second-order valence-electron chi connectivity index (χ2n) is 4.48. The topological polar surface area (TPSA) is 68.3 Å². The number of hydrogen-bond donors (Lipinski definition) is 1. The Labute approximate surface area is 126 Å². The Morgan fingerprint density at radius 1 is 1.60 bits per heavy atom. The number of carbonyl (C=O) groups excluding carboxylic acids is 2. The smallest absolute Gasteiger partial charge is 0.311 e.